The third-order valence-corrected chi connectivity index (χ3v) is 6.78. The van der Waals surface area contributed by atoms with Gasteiger partial charge in [-0.15, -0.1) is 22.0 Å². The van der Waals surface area contributed by atoms with Crippen molar-refractivity contribution in [3.63, 3.8) is 0 Å². The van der Waals surface area contributed by atoms with Crippen LogP contribution in [0.25, 0.3) is 10.2 Å². The Balaban J connectivity index is 1.33. The average Bonchev–Trinajstić information content (AvgIpc) is 3.13. The number of nitrogens with zero attached hydrogens (tertiary/aromatic N) is 3. The highest BCUT2D eigenvalue weighted by atomic mass is 32.1. The number of aryl methyl sites for hydroxylation is 1. The van der Waals surface area contributed by atoms with Crippen molar-refractivity contribution in [3.05, 3.63) is 17.1 Å². The predicted molar refractivity (Wildman–Crippen MR) is 89.5 cm³/mol. The Kier molecular flexibility index (Phi) is 3.13. The summed E-state index contributed by atoms with van der Waals surface area (Å²) in [5.41, 5.74) is 7.51. The number of anilines is 1. The SMILES string of the molecule is Cc1csc2nc(NN3C[C@]4(CC5CCC4CC5)ON3)ncc12. The zero-order valence-electron chi connectivity index (χ0n) is 13.2. The second-order valence-corrected chi connectivity index (χ2v) is 8.07. The summed E-state index contributed by atoms with van der Waals surface area (Å²) < 4.78 is 0. The van der Waals surface area contributed by atoms with Crippen LogP contribution >= 0.6 is 11.3 Å². The average molecular weight is 331 g/mol. The van der Waals surface area contributed by atoms with Gasteiger partial charge < -0.3 is 0 Å². The van der Waals surface area contributed by atoms with Gasteiger partial charge in [-0.1, -0.05) is 0 Å². The van der Waals surface area contributed by atoms with Crippen molar-refractivity contribution < 1.29 is 4.84 Å². The molecule has 23 heavy (non-hydrogen) atoms. The summed E-state index contributed by atoms with van der Waals surface area (Å²) in [5, 5.41) is 5.16. The molecule has 1 aliphatic heterocycles. The van der Waals surface area contributed by atoms with Crippen LogP contribution in [0.4, 0.5) is 5.95 Å². The summed E-state index contributed by atoms with van der Waals surface area (Å²) in [6.07, 6.45) is 8.42. The number of thiophene rings is 1. The van der Waals surface area contributed by atoms with Crippen molar-refractivity contribution >= 4 is 27.5 Å². The molecule has 0 aromatic carbocycles. The van der Waals surface area contributed by atoms with Gasteiger partial charge in [0, 0.05) is 11.6 Å². The Morgan fingerprint density at radius 2 is 2.26 bits per heavy atom. The number of hydrogen-bond donors (Lipinski definition) is 2. The van der Waals surface area contributed by atoms with E-state index >= 15 is 0 Å². The van der Waals surface area contributed by atoms with Crippen LogP contribution in [0.1, 0.15) is 37.7 Å². The van der Waals surface area contributed by atoms with Crippen LogP contribution in [0.5, 0.6) is 0 Å². The van der Waals surface area contributed by atoms with Crippen LogP contribution in [-0.2, 0) is 4.84 Å². The maximum atomic E-state index is 6.05. The molecule has 2 aromatic heterocycles. The fourth-order valence-electron chi connectivity index (χ4n) is 4.52. The van der Waals surface area contributed by atoms with Gasteiger partial charge in [-0.2, -0.15) is 0 Å². The van der Waals surface area contributed by atoms with E-state index in [2.05, 4.69) is 33.3 Å². The summed E-state index contributed by atoms with van der Waals surface area (Å²) in [4.78, 5) is 16.1. The third-order valence-electron chi connectivity index (χ3n) is 5.77. The molecule has 1 spiro atoms. The first kappa shape index (κ1) is 14.1. The van der Waals surface area contributed by atoms with Gasteiger partial charge in [0.1, 0.15) is 10.4 Å². The first-order valence-electron chi connectivity index (χ1n) is 8.40. The molecular weight excluding hydrogens is 310 g/mol. The highest BCUT2D eigenvalue weighted by Gasteiger charge is 2.53. The topological polar surface area (TPSA) is 62.3 Å². The first-order chi connectivity index (χ1) is 11.2. The molecule has 7 heteroatoms. The Morgan fingerprint density at radius 1 is 1.39 bits per heavy atom. The Hall–Kier alpha value is -1.28. The van der Waals surface area contributed by atoms with Crippen LogP contribution in [0.2, 0.25) is 0 Å². The summed E-state index contributed by atoms with van der Waals surface area (Å²) in [6, 6.07) is 0. The largest absolute Gasteiger partial charge is 0.277 e. The van der Waals surface area contributed by atoms with Gasteiger partial charge in [-0.05, 0) is 61.8 Å². The zero-order chi connectivity index (χ0) is 15.4. The van der Waals surface area contributed by atoms with Crippen LogP contribution in [0.15, 0.2) is 11.6 Å². The molecule has 6 rings (SSSR count). The van der Waals surface area contributed by atoms with Crippen LogP contribution in [0, 0.1) is 18.8 Å². The van der Waals surface area contributed by atoms with Crippen LogP contribution in [0.3, 0.4) is 0 Å². The molecule has 122 valence electrons. The van der Waals surface area contributed by atoms with Gasteiger partial charge in [0.05, 0.1) is 6.54 Å². The standard InChI is InChI=1S/C16H21N5OS/c1-10-8-23-14-13(10)7-17-15(18-14)19-21-9-16(22-20-21)6-11-2-4-12(16)5-3-11/h7-8,11-12,20H,2-6,9H2,1H3,(H,17,18,19)/t11?,12?,16-/m0/s1. The van der Waals surface area contributed by atoms with Crippen molar-refractivity contribution in [2.24, 2.45) is 11.8 Å². The molecular formula is C16H21N5OS. The number of aromatic nitrogens is 2. The number of rotatable bonds is 2. The molecule has 6 nitrogen and oxygen atoms in total. The number of hydrogen-bond acceptors (Lipinski definition) is 7. The third kappa shape index (κ3) is 2.26. The summed E-state index contributed by atoms with van der Waals surface area (Å²) in [5.74, 6) is 2.13. The van der Waals surface area contributed by atoms with E-state index in [4.69, 9.17) is 4.84 Å². The van der Waals surface area contributed by atoms with Crippen LogP contribution in [-0.4, -0.2) is 27.2 Å². The molecule has 3 aliphatic carbocycles. The van der Waals surface area contributed by atoms with Gasteiger partial charge in [-0.3, -0.25) is 10.3 Å². The summed E-state index contributed by atoms with van der Waals surface area (Å²) in [6.45, 7) is 2.94. The second kappa shape index (κ2) is 5.11. The van der Waals surface area contributed by atoms with E-state index < -0.39 is 0 Å². The predicted octanol–water partition coefficient (Wildman–Crippen LogP) is 3.03. The minimum Gasteiger partial charge on any atom is -0.277 e. The van der Waals surface area contributed by atoms with E-state index in [0.29, 0.717) is 11.9 Å². The molecule has 4 fully saturated rings. The molecule has 2 aromatic rings. The minimum atomic E-state index is -0.0300. The maximum Gasteiger partial charge on any atom is 0.240 e. The first-order valence-corrected chi connectivity index (χ1v) is 9.28. The quantitative estimate of drug-likeness (QED) is 0.882. The smallest absolute Gasteiger partial charge is 0.240 e. The van der Waals surface area contributed by atoms with Crippen molar-refractivity contribution in [2.75, 3.05) is 12.0 Å². The van der Waals surface area contributed by atoms with Gasteiger partial charge >= 0.3 is 0 Å². The minimum absolute atomic E-state index is 0.0300. The molecule has 1 saturated heterocycles. The fourth-order valence-corrected chi connectivity index (χ4v) is 5.41. The lowest BCUT2D eigenvalue weighted by atomic mass is 9.62. The van der Waals surface area contributed by atoms with Gasteiger partial charge in [0.15, 0.2) is 0 Å². The lowest BCUT2D eigenvalue weighted by molar-refractivity contribution is -0.146. The Bertz CT molecular complexity index is 741. The van der Waals surface area contributed by atoms with Crippen molar-refractivity contribution in [1.29, 1.82) is 0 Å². The molecule has 2 bridgehead atoms. The Labute approximate surface area is 139 Å². The maximum absolute atomic E-state index is 6.05. The zero-order valence-corrected chi connectivity index (χ0v) is 14.0. The molecule has 0 radical (unpaired) electrons. The van der Waals surface area contributed by atoms with Crippen LogP contribution < -0.4 is 11.0 Å². The lowest BCUT2D eigenvalue weighted by Crippen LogP contribution is -2.50. The fraction of sp³-hybridized carbons (Fsp3) is 0.625. The number of hydrazine groups is 2. The van der Waals surface area contributed by atoms with E-state index in [1.54, 1.807) is 11.3 Å². The molecule has 0 amide bonds. The number of nitrogens with one attached hydrogen (secondary N) is 2. The highest BCUT2D eigenvalue weighted by molar-refractivity contribution is 7.16. The molecule has 3 saturated carbocycles. The van der Waals surface area contributed by atoms with E-state index in [-0.39, 0.29) is 5.60 Å². The van der Waals surface area contributed by atoms with Gasteiger partial charge in [-0.25, -0.2) is 9.97 Å². The highest BCUT2D eigenvalue weighted by Crippen LogP contribution is 2.50. The van der Waals surface area contributed by atoms with Crippen molar-refractivity contribution in [2.45, 2.75) is 44.6 Å². The summed E-state index contributed by atoms with van der Waals surface area (Å²) in [7, 11) is 0. The molecule has 4 aliphatic rings. The Morgan fingerprint density at radius 3 is 3.04 bits per heavy atom. The molecule has 3 heterocycles. The summed E-state index contributed by atoms with van der Waals surface area (Å²) >= 11 is 1.66. The van der Waals surface area contributed by atoms with E-state index in [0.717, 1.165) is 22.7 Å². The molecule has 0 unspecified atom stereocenters. The van der Waals surface area contributed by atoms with Gasteiger partial charge in [0.25, 0.3) is 0 Å². The normalized spacial score (nSPS) is 33.8. The second-order valence-electron chi connectivity index (χ2n) is 7.21. The molecule has 2 N–H and O–H groups in total. The van der Waals surface area contributed by atoms with Gasteiger partial charge in [0.2, 0.25) is 5.95 Å². The van der Waals surface area contributed by atoms with E-state index in [1.165, 1.54) is 37.7 Å². The van der Waals surface area contributed by atoms with Crippen molar-refractivity contribution in [3.8, 4) is 0 Å². The van der Waals surface area contributed by atoms with E-state index in [1.807, 2.05) is 11.3 Å². The number of fused-ring (bicyclic) bond motifs is 3. The van der Waals surface area contributed by atoms with E-state index in [9.17, 15) is 0 Å². The monoisotopic (exact) mass is 331 g/mol. The lowest BCUT2D eigenvalue weighted by Gasteiger charge is -2.47. The van der Waals surface area contributed by atoms with Crippen molar-refractivity contribution in [1.82, 2.24) is 20.7 Å². The molecule has 1 atom stereocenters.